The molecule has 0 fully saturated rings. The van der Waals surface area contributed by atoms with Crippen molar-refractivity contribution in [1.29, 1.82) is 0 Å². The third-order valence-corrected chi connectivity index (χ3v) is 14.9. The van der Waals surface area contributed by atoms with Crippen LogP contribution in [0.25, 0.3) is 0 Å². The fourth-order valence-corrected chi connectivity index (χ4v) is 12.2. The Balaban J connectivity index is 2.12. The van der Waals surface area contributed by atoms with Gasteiger partial charge in [-0.15, -0.1) is 6.58 Å². The second-order valence-corrected chi connectivity index (χ2v) is 17.9. The van der Waals surface area contributed by atoms with Crippen molar-refractivity contribution in [1.82, 2.24) is 4.90 Å². The third kappa shape index (κ3) is 8.52. The monoisotopic (exact) mass is 587 g/mol. The van der Waals surface area contributed by atoms with Crippen molar-refractivity contribution in [2.24, 2.45) is 0 Å². The number of benzene rings is 3. The van der Waals surface area contributed by atoms with E-state index in [0.717, 1.165) is 5.56 Å². The first-order chi connectivity index (χ1) is 20.1. The molecule has 0 radical (unpaired) electrons. The normalized spacial score (nSPS) is 15.2. The Kier molecular flexibility index (Phi) is 13.2. The van der Waals surface area contributed by atoms with E-state index in [2.05, 4.69) is 133 Å². The van der Waals surface area contributed by atoms with Gasteiger partial charge in [-0.25, -0.2) is 0 Å². The average molecular weight is 588 g/mol. The van der Waals surface area contributed by atoms with Crippen molar-refractivity contribution in [2.45, 2.75) is 103 Å². The standard InChI is InChI=1S/C37H53NO3Si/c1-9-36(39)37(40-26-33-21-15-11-16-22-33)35(27-41-42(28(2)3,29(4)5)30(6)7)38(25-32-19-13-10-14-20-32)31(8)34-23-17-12-18-24-34/h9-24,28-31,35-37,39H,1,25-27H2,2-8H3/t31-,35-,36-,37-/m1/s1. The lowest BCUT2D eigenvalue weighted by molar-refractivity contribution is -0.0958. The predicted molar refractivity (Wildman–Crippen MR) is 179 cm³/mol. The van der Waals surface area contributed by atoms with E-state index in [-0.39, 0.29) is 12.1 Å². The maximum absolute atomic E-state index is 11.5. The van der Waals surface area contributed by atoms with Gasteiger partial charge in [0, 0.05) is 12.6 Å². The molecule has 0 bridgehead atoms. The van der Waals surface area contributed by atoms with Crippen molar-refractivity contribution in [3.05, 3.63) is 120 Å². The summed E-state index contributed by atoms with van der Waals surface area (Å²) in [6.45, 7) is 21.7. The molecule has 5 heteroatoms. The SMILES string of the molecule is C=C[C@@H](O)[C@H](OCc1ccccc1)[C@@H](CO[Si](C(C)C)(C(C)C)C(C)C)N(Cc1ccccc1)[C@H](C)c1ccccc1. The number of aliphatic hydroxyl groups excluding tert-OH is 1. The molecule has 3 aromatic rings. The Bertz CT molecular complexity index is 1150. The lowest BCUT2D eigenvalue weighted by Crippen LogP contribution is -2.56. The number of aliphatic hydroxyl groups is 1. The van der Waals surface area contributed by atoms with Crippen molar-refractivity contribution in [3.63, 3.8) is 0 Å². The predicted octanol–water partition coefficient (Wildman–Crippen LogP) is 8.94. The fraction of sp³-hybridized carbons (Fsp3) is 0.459. The van der Waals surface area contributed by atoms with Crippen LogP contribution in [-0.4, -0.2) is 43.2 Å². The van der Waals surface area contributed by atoms with Gasteiger partial charge < -0.3 is 14.3 Å². The summed E-state index contributed by atoms with van der Waals surface area (Å²) in [5.74, 6) is 0. The molecule has 3 rings (SSSR count). The van der Waals surface area contributed by atoms with E-state index in [4.69, 9.17) is 9.16 Å². The Morgan fingerprint density at radius 2 is 1.21 bits per heavy atom. The molecule has 228 valence electrons. The van der Waals surface area contributed by atoms with Crippen LogP contribution in [0.1, 0.15) is 71.2 Å². The molecule has 0 aromatic heterocycles. The van der Waals surface area contributed by atoms with Gasteiger partial charge in [-0.1, -0.05) is 139 Å². The molecule has 42 heavy (non-hydrogen) atoms. The highest BCUT2D eigenvalue weighted by atomic mass is 28.4. The van der Waals surface area contributed by atoms with Crippen LogP contribution in [0, 0.1) is 0 Å². The molecule has 0 amide bonds. The smallest absolute Gasteiger partial charge is 0.200 e. The topological polar surface area (TPSA) is 41.9 Å². The van der Waals surface area contributed by atoms with Crippen LogP contribution in [0.2, 0.25) is 16.6 Å². The molecule has 0 aliphatic heterocycles. The molecule has 0 unspecified atom stereocenters. The third-order valence-electron chi connectivity index (χ3n) is 8.87. The summed E-state index contributed by atoms with van der Waals surface area (Å²) < 4.78 is 13.9. The average Bonchev–Trinajstić information content (AvgIpc) is 2.99. The molecule has 4 nitrogen and oxygen atoms in total. The van der Waals surface area contributed by atoms with E-state index in [1.807, 2.05) is 18.2 Å². The minimum Gasteiger partial charge on any atom is -0.414 e. The Labute approximate surface area is 256 Å². The summed E-state index contributed by atoms with van der Waals surface area (Å²) >= 11 is 0. The van der Waals surface area contributed by atoms with Crippen LogP contribution < -0.4 is 0 Å². The van der Waals surface area contributed by atoms with Crippen LogP contribution in [-0.2, 0) is 22.3 Å². The summed E-state index contributed by atoms with van der Waals surface area (Å²) in [4.78, 5) is 2.47. The minimum atomic E-state index is -2.21. The summed E-state index contributed by atoms with van der Waals surface area (Å²) in [5, 5.41) is 11.5. The van der Waals surface area contributed by atoms with Crippen LogP contribution in [0.3, 0.4) is 0 Å². The highest BCUT2D eigenvalue weighted by Crippen LogP contribution is 2.43. The van der Waals surface area contributed by atoms with Crippen molar-refractivity contribution in [2.75, 3.05) is 6.61 Å². The van der Waals surface area contributed by atoms with Gasteiger partial charge in [0.1, 0.15) is 6.10 Å². The van der Waals surface area contributed by atoms with Gasteiger partial charge in [0.25, 0.3) is 0 Å². The van der Waals surface area contributed by atoms with Gasteiger partial charge in [-0.3, -0.25) is 4.90 Å². The highest BCUT2D eigenvalue weighted by molar-refractivity contribution is 6.77. The lowest BCUT2D eigenvalue weighted by atomic mass is 9.98. The van der Waals surface area contributed by atoms with E-state index in [1.165, 1.54) is 11.1 Å². The van der Waals surface area contributed by atoms with Crippen LogP contribution >= 0.6 is 0 Å². The van der Waals surface area contributed by atoms with Crippen molar-refractivity contribution >= 4 is 8.32 Å². The Morgan fingerprint density at radius 1 is 0.738 bits per heavy atom. The first-order valence-electron chi connectivity index (χ1n) is 15.6. The number of hydrogen-bond acceptors (Lipinski definition) is 4. The van der Waals surface area contributed by atoms with Gasteiger partial charge in [-0.2, -0.15) is 0 Å². The molecular weight excluding hydrogens is 534 g/mol. The number of rotatable bonds is 17. The van der Waals surface area contributed by atoms with Crippen LogP contribution in [0.15, 0.2) is 104 Å². The lowest BCUT2D eigenvalue weighted by Gasteiger charge is -2.47. The van der Waals surface area contributed by atoms with Gasteiger partial charge in [-0.05, 0) is 40.2 Å². The summed E-state index contributed by atoms with van der Waals surface area (Å²) in [6.07, 6.45) is 0.196. The molecule has 4 atom stereocenters. The minimum absolute atomic E-state index is 0.0491. The first-order valence-corrected chi connectivity index (χ1v) is 17.7. The highest BCUT2D eigenvalue weighted by Gasteiger charge is 2.47. The Morgan fingerprint density at radius 3 is 1.69 bits per heavy atom. The molecule has 0 aliphatic rings. The molecule has 1 N–H and O–H groups in total. The van der Waals surface area contributed by atoms with E-state index < -0.39 is 20.5 Å². The number of ether oxygens (including phenoxy) is 1. The first kappa shape index (κ1) is 34.0. The zero-order chi connectivity index (χ0) is 30.7. The molecular formula is C37H53NO3Si. The summed E-state index contributed by atoms with van der Waals surface area (Å²) in [7, 11) is -2.21. The van der Waals surface area contributed by atoms with Gasteiger partial charge in [0.05, 0.1) is 25.4 Å². The molecule has 0 saturated carbocycles. The zero-order valence-electron chi connectivity index (χ0n) is 26.8. The van der Waals surface area contributed by atoms with E-state index in [0.29, 0.717) is 36.4 Å². The quantitative estimate of drug-likeness (QED) is 0.126. The second kappa shape index (κ2) is 16.3. The fourth-order valence-electron chi connectivity index (χ4n) is 6.71. The van der Waals surface area contributed by atoms with Gasteiger partial charge in [0.2, 0.25) is 0 Å². The van der Waals surface area contributed by atoms with Gasteiger partial charge in [0.15, 0.2) is 8.32 Å². The van der Waals surface area contributed by atoms with Gasteiger partial charge >= 0.3 is 0 Å². The molecule has 0 aliphatic carbocycles. The second-order valence-electron chi connectivity index (χ2n) is 12.4. The maximum Gasteiger partial charge on any atom is 0.200 e. The number of hydrogen-bond donors (Lipinski definition) is 1. The van der Waals surface area contributed by atoms with E-state index in [9.17, 15) is 5.11 Å². The molecule has 0 heterocycles. The van der Waals surface area contributed by atoms with E-state index in [1.54, 1.807) is 6.08 Å². The van der Waals surface area contributed by atoms with E-state index >= 15 is 0 Å². The van der Waals surface area contributed by atoms with Crippen LogP contribution in [0.4, 0.5) is 0 Å². The summed E-state index contributed by atoms with van der Waals surface area (Å²) in [6, 6.07) is 31.1. The summed E-state index contributed by atoms with van der Waals surface area (Å²) in [5.41, 5.74) is 4.83. The molecule has 3 aromatic carbocycles. The van der Waals surface area contributed by atoms with Crippen LogP contribution in [0.5, 0.6) is 0 Å². The van der Waals surface area contributed by atoms with Crippen molar-refractivity contribution in [3.8, 4) is 0 Å². The number of nitrogens with zero attached hydrogens (tertiary/aromatic N) is 1. The van der Waals surface area contributed by atoms with Crippen molar-refractivity contribution < 1.29 is 14.3 Å². The zero-order valence-corrected chi connectivity index (χ0v) is 27.8. The maximum atomic E-state index is 11.5. The Hall–Kier alpha value is -2.54. The molecule has 0 spiro atoms. The molecule has 0 saturated heterocycles. The largest absolute Gasteiger partial charge is 0.414 e.